The zero-order valence-corrected chi connectivity index (χ0v) is 34.9. The van der Waals surface area contributed by atoms with Gasteiger partial charge in [0.15, 0.2) is 11.6 Å². The second kappa shape index (κ2) is 22.3. The lowest BCUT2D eigenvalue weighted by molar-refractivity contribution is -0.135. The fraction of sp³-hybridized carbons (Fsp3) is 0.630. The molecule has 0 aromatic heterocycles. The Morgan fingerprint density at radius 1 is 0.732 bits per heavy atom. The highest BCUT2D eigenvalue weighted by Gasteiger charge is 2.50. The number of rotatable bonds is 25. The molecule has 0 aliphatic carbocycles. The Labute approximate surface area is 335 Å². The lowest BCUT2D eigenvalue weighted by Crippen LogP contribution is -2.50. The lowest BCUT2D eigenvalue weighted by atomic mass is 9.87. The quantitative estimate of drug-likeness (QED) is 0.0951. The van der Waals surface area contributed by atoms with Gasteiger partial charge >= 0.3 is 0 Å². The number of piperazine rings is 1. The highest BCUT2D eigenvalue weighted by atomic mass is 16.6. The van der Waals surface area contributed by atoms with Gasteiger partial charge in [-0.3, -0.25) is 24.0 Å². The molecule has 10 heteroatoms. The predicted octanol–water partition coefficient (Wildman–Crippen LogP) is 5.85. The van der Waals surface area contributed by atoms with E-state index in [-0.39, 0.29) is 53.8 Å². The SMILES string of the molecule is CC(C)C[C@H](NC(=O)C(CCc1ccccc1)CC(=O)CCCCN1CCN(C)CC1)C(=O)C[C@@H](Cc1ccccc1)C(=O)N[C@@H](CC(C)C)C(=O)[C@@]1(C)CO1. The summed E-state index contributed by atoms with van der Waals surface area (Å²) in [6.45, 7) is 15.3. The molecule has 10 nitrogen and oxygen atoms in total. The second-order valence-electron chi connectivity index (χ2n) is 17.4. The van der Waals surface area contributed by atoms with Crippen molar-refractivity contribution in [2.45, 2.75) is 117 Å². The van der Waals surface area contributed by atoms with Gasteiger partial charge in [0.25, 0.3) is 0 Å². The Balaban J connectivity index is 1.45. The summed E-state index contributed by atoms with van der Waals surface area (Å²) in [5.74, 6) is -2.08. The standard InChI is InChI=1S/C46H68N4O6/c1-33(2)27-40(42(52)31-38(29-36-17-11-8-12-18-36)45(55)48-41(28-34(3)4)43(53)46(5)32-56-46)47-44(54)37(21-20-35-15-9-7-10-16-35)30-39(51)19-13-14-22-50-25-23-49(6)24-26-50/h7-12,15-18,33-34,37-38,40-41H,13-14,19-32H2,1-6H3,(H,47,54)(H,48,55)/t37?,38-,40+,41+,46-/m1/s1. The maximum atomic E-state index is 14.3. The van der Waals surface area contributed by atoms with Crippen LogP contribution in [0.25, 0.3) is 0 Å². The van der Waals surface area contributed by atoms with Gasteiger partial charge in [-0.2, -0.15) is 0 Å². The van der Waals surface area contributed by atoms with Gasteiger partial charge in [0.1, 0.15) is 11.4 Å². The van der Waals surface area contributed by atoms with Crippen molar-refractivity contribution in [3.8, 4) is 0 Å². The molecule has 56 heavy (non-hydrogen) atoms. The minimum atomic E-state index is -0.896. The van der Waals surface area contributed by atoms with Crippen molar-refractivity contribution in [1.29, 1.82) is 0 Å². The third-order valence-corrected chi connectivity index (χ3v) is 11.2. The molecule has 2 aliphatic rings. The molecule has 2 aromatic rings. The van der Waals surface area contributed by atoms with Crippen molar-refractivity contribution in [2.24, 2.45) is 23.7 Å². The first kappa shape index (κ1) is 45.0. The van der Waals surface area contributed by atoms with Gasteiger partial charge in [0.05, 0.1) is 18.7 Å². The third-order valence-electron chi connectivity index (χ3n) is 11.2. The summed E-state index contributed by atoms with van der Waals surface area (Å²) < 4.78 is 5.44. The molecular weight excluding hydrogens is 705 g/mol. The molecule has 2 aromatic carbocycles. The number of nitrogens with one attached hydrogen (secondary N) is 2. The number of carbonyl (C=O) groups is 5. The molecule has 0 spiro atoms. The van der Waals surface area contributed by atoms with Crippen LogP contribution in [0.2, 0.25) is 0 Å². The monoisotopic (exact) mass is 773 g/mol. The average Bonchev–Trinajstić information content (AvgIpc) is 3.93. The van der Waals surface area contributed by atoms with E-state index >= 15 is 0 Å². The first-order chi connectivity index (χ1) is 26.7. The minimum absolute atomic E-state index is 0.0684. The lowest BCUT2D eigenvalue weighted by Gasteiger charge is -2.32. The number of hydrogen-bond donors (Lipinski definition) is 2. The molecule has 0 saturated carbocycles. The van der Waals surface area contributed by atoms with Crippen LogP contribution in [0.4, 0.5) is 0 Å². The van der Waals surface area contributed by atoms with Gasteiger partial charge in [0, 0.05) is 57.3 Å². The summed E-state index contributed by atoms with van der Waals surface area (Å²) >= 11 is 0. The van der Waals surface area contributed by atoms with Crippen LogP contribution < -0.4 is 10.6 Å². The zero-order chi connectivity index (χ0) is 40.7. The molecule has 5 atom stereocenters. The van der Waals surface area contributed by atoms with Crippen LogP contribution >= 0.6 is 0 Å². The summed E-state index contributed by atoms with van der Waals surface area (Å²) in [4.78, 5) is 74.1. The predicted molar refractivity (Wildman–Crippen MR) is 221 cm³/mol. The van der Waals surface area contributed by atoms with Gasteiger partial charge in [-0.25, -0.2) is 0 Å². The molecule has 308 valence electrons. The van der Waals surface area contributed by atoms with E-state index in [1.807, 2.05) is 88.4 Å². The van der Waals surface area contributed by atoms with E-state index in [2.05, 4.69) is 27.5 Å². The van der Waals surface area contributed by atoms with Crippen molar-refractivity contribution < 1.29 is 28.7 Å². The maximum absolute atomic E-state index is 14.3. The molecule has 0 radical (unpaired) electrons. The van der Waals surface area contributed by atoms with Crippen LogP contribution in [0.3, 0.4) is 0 Å². The second-order valence-corrected chi connectivity index (χ2v) is 17.4. The summed E-state index contributed by atoms with van der Waals surface area (Å²) in [7, 11) is 2.14. The van der Waals surface area contributed by atoms with Gasteiger partial charge < -0.3 is 25.2 Å². The number of hydrogen-bond acceptors (Lipinski definition) is 8. The van der Waals surface area contributed by atoms with Crippen LogP contribution in [0.15, 0.2) is 60.7 Å². The third kappa shape index (κ3) is 15.3. The number of ketones is 3. The number of nitrogens with zero attached hydrogens (tertiary/aromatic N) is 2. The minimum Gasteiger partial charge on any atom is -0.361 e. The molecule has 1 unspecified atom stereocenters. The molecule has 2 saturated heterocycles. The van der Waals surface area contributed by atoms with E-state index < -0.39 is 29.5 Å². The molecule has 2 N–H and O–H groups in total. The van der Waals surface area contributed by atoms with Gasteiger partial charge in [-0.1, -0.05) is 88.4 Å². The number of epoxide rings is 1. The topological polar surface area (TPSA) is 128 Å². The zero-order valence-electron chi connectivity index (χ0n) is 34.9. The van der Waals surface area contributed by atoms with E-state index in [4.69, 9.17) is 4.74 Å². The van der Waals surface area contributed by atoms with Crippen molar-refractivity contribution >= 4 is 29.2 Å². The van der Waals surface area contributed by atoms with Crippen LogP contribution in [-0.4, -0.2) is 103 Å². The van der Waals surface area contributed by atoms with Crippen molar-refractivity contribution in [2.75, 3.05) is 46.4 Å². The molecule has 4 rings (SSSR count). The summed E-state index contributed by atoms with van der Waals surface area (Å²) in [6.07, 6.45) is 4.47. The van der Waals surface area contributed by atoms with Crippen molar-refractivity contribution in [3.63, 3.8) is 0 Å². The maximum Gasteiger partial charge on any atom is 0.224 e. The normalized spacial score (nSPS) is 19.6. The van der Waals surface area contributed by atoms with Crippen molar-refractivity contribution in [3.05, 3.63) is 71.8 Å². The average molecular weight is 773 g/mol. The molecule has 0 bridgehead atoms. The Bertz CT molecular complexity index is 1550. The Morgan fingerprint density at radius 2 is 1.29 bits per heavy atom. The highest BCUT2D eigenvalue weighted by Crippen LogP contribution is 2.30. The van der Waals surface area contributed by atoms with E-state index in [9.17, 15) is 24.0 Å². The first-order valence-corrected chi connectivity index (χ1v) is 21.0. The van der Waals surface area contributed by atoms with Crippen LogP contribution in [-0.2, 0) is 41.6 Å². The van der Waals surface area contributed by atoms with Gasteiger partial charge in [0.2, 0.25) is 11.8 Å². The number of unbranched alkanes of at least 4 members (excludes halogenated alkanes) is 1. The van der Waals surface area contributed by atoms with E-state index in [1.165, 1.54) is 0 Å². The van der Waals surface area contributed by atoms with E-state index in [0.29, 0.717) is 45.1 Å². The highest BCUT2D eigenvalue weighted by molar-refractivity contribution is 5.98. The summed E-state index contributed by atoms with van der Waals surface area (Å²) in [6, 6.07) is 17.9. The summed E-state index contributed by atoms with van der Waals surface area (Å²) in [5, 5.41) is 6.08. The van der Waals surface area contributed by atoms with Gasteiger partial charge in [-0.05, 0) is 88.4 Å². The summed E-state index contributed by atoms with van der Waals surface area (Å²) in [5.41, 5.74) is 1.09. The van der Waals surface area contributed by atoms with Crippen LogP contribution in [0.5, 0.6) is 0 Å². The molecule has 2 fully saturated rings. The number of ether oxygens (including phenoxy) is 1. The fourth-order valence-electron chi connectivity index (χ4n) is 7.60. The molecule has 2 aliphatic heterocycles. The molecule has 2 heterocycles. The molecule has 2 amide bonds. The van der Waals surface area contributed by atoms with E-state index in [0.717, 1.165) is 56.7 Å². The van der Waals surface area contributed by atoms with Gasteiger partial charge in [-0.15, -0.1) is 0 Å². The van der Waals surface area contributed by atoms with Crippen LogP contribution in [0, 0.1) is 23.7 Å². The van der Waals surface area contributed by atoms with E-state index in [1.54, 1.807) is 6.92 Å². The van der Waals surface area contributed by atoms with Crippen molar-refractivity contribution in [1.82, 2.24) is 20.4 Å². The number of carbonyl (C=O) groups excluding carboxylic acids is 5. The first-order valence-electron chi connectivity index (χ1n) is 21.0. The smallest absolute Gasteiger partial charge is 0.224 e. The number of benzene rings is 2. The Morgan fingerprint density at radius 3 is 1.88 bits per heavy atom. The number of aryl methyl sites for hydroxylation is 1. The number of likely N-dealkylation sites (N-methyl/N-ethyl adjacent to an activating group) is 1. The Hall–Kier alpha value is -3.73. The van der Waals surface area contributed by atoms with Crippen LogP contribution in [0.1, 0.15) is 97.1 Å². The number of amides is 2. The molecular formula is C46H68N4O6. The largest absolute Gasteiger partial charge is 0.361 e. The number of Topliss-reactive ketones (excluding diaryl/α,β-unsaturated/α-hetero) is 3. The fourth-order valence-corrected chi connectivity index (χ4v) is 7.60. The Kier molecular flexibility index (Phi) is 17.9.